The fourth-order valence-electron chi connectivity index (χ4n) is 2.64. The van der Waals surface area contributed by atoms with Gasteiger partial charge in [-0.05, 0) is 19.0 Å². The number of nitrogens with zero attached hydrogens (tertiary/aromatic N) is 1. The standard InChI is InChI=1S/C14H18FN5O/c1-16-14(21)9-6-19-13-8(2-5-18-13)12(9)20-11-3-4-17-7-10(11)15/h2,5-6,10-11,17H,3-4,7H2,1H3,(H,16,21)(H2,18,19,20)/t10-,11+/m0/s1. The van der Waals surface area contributed by atoms with Gasteiger partial charge in [0, 0.05) is 31.4 Å². The molecule has 1 aliphatic rings. The molecule has 6 nitrogen and oxygen atoms in total. The molecule has 21 heavy (non-hydrogen) atoms. The number of halogens is 1. The van der Waals surface area contributed by atoms with E-state index in [4.69, 9.17) is 0 Å². The number of fused-ring (bicyclic) bond motifs is 1. The molecule has 0 aromatic carbocycles. The number of carbonyl (C=O) groups excluding carboxylic acids is 1. The van der Waals surface area contributed by atoms with Crippen LogP contribution < -0.4 is 16.0 Å². The van der Waals surface area contributed by atoms with Gasteiger partial charge >= 0.3 is 0 Å². The summed E-state index contributed by atoms with van der Waals surface area (Å²) in [7, 11) is 1.57. The highest BCUT2D eigenvalue weighted by atomic mass is 19.1. The summed E-state index contributed by atoms with van der Waals surface area (Å²) in [6, 6.07) is 1.53. The van der Waals surface area contributed by atoms with E-state index >= 15 is 0 Å². The number of anilines is 1. The number of amides is 1. The van der Waals surface area contributed by atoms with Crippen molar-refractivity contribution in [2.75, 3.05) is 25.5 Å². The second-order valence-electron chi connectivity index (χ2n) is 5.13. The van der Waals surface area contributed by atoms with E-state index in [1.165, 1.54) is 6.20 Å². The number of H-pyrrole nitrogens is 1. The van der Waals surface area contributed by atoms with Crippen molar-refractivity contribution in [2.45, 2.75) is 18.6 Å². The van der Waals surface area contributed by atoms with E-state index in [9.17, 15) is 9.18 Å². The zero-order valence-electron chi connectivity index (χ0n) is 11.7. The molecule has 2 aromatic rings. The van der Waals surface area contributed by atoms with Crippen molar-refractivity contribution in [3.63, 3.8) is 0 Å². The van der Waals surface area contributed by atoms with Crippen molar-refractivity contribution in [3.05, 3.63) is 24.0 Å². The lowest BCUT2D eigenvalue weighted by Crippen LogP contribution is -2.45. The molecule has 2 atom stereocenters. The monoisotopic (exact) mass is 291 g/mol. The summed E-state index contributed by atoms with van der Waals surface area (Å²) in [6.45, 7) is 1.09. The fourth-order valence-corrected chi connectivity index (χ4v) is 2.64. The Hall–Kier alpha value is -2.15. The van der Waals surface area contributed by atoms with E-state index < -0.39 is 6.17 Å². The SMILES string of the molecule is CNC(=O)c1cnc2[nH]ccc2c1N[C@@H]1CCNC[C@@H]1F. The largest absolute Gasteiger partial charge is 0.378 e. The number of hydrogen-bond acceptors (Lipinski definition) is 4. The molecule has 0 bridgehead atoms. The van der Waals surface area contributed by atoms with Crippen molar-refractivity contribution in [2.24, 2.45) is 0 Å². The molecule has 0 aliphatic carbocycles. The van der Waals surface area contributed by atoms with Gasteiger partial charge in [-0.3, -0.25) is 4.79 Å². The van der Waals surface area contributed by atoms with Crippen LogP contribution in [0.2, 0.25) is 0 Å². The van der Waals surface area contributed by atoms with Crippen LogP contribution in [0, 0.1) is 0 Å². The number of hydrogen-bond donors (Lipinski definition) is 4. The van der Waals surface area contributed by atoms with E-state index in [2.05, 4.69) is 25.9 Å². The summed E-state index contributed by atoms with van der Waals surface area (Å²) < 4.78 is 14.0. The van der Waals surface area contributed by atoms with Crippen molar-refractivity contribution in [1.82, 2.24) is 20.6 Å². The van der Waals surface area contributed by atoms with Crippen LogP contribution in [0.5, 0.6) is 0 Å². The fraction of sp³-hybridized carbons (Fsp3) is 0.429. The van der Waals surface area contributed by atoms with Gasteiger partial charge in [-0.1, -0.05) is 0 Å². The van der Waals surface area contributed by atoms with Crippen molar-refractivity contribution in [3.8, 4) is 0 Å². The van der Waals surface area contributed by atoms with Crippen molar-refractivity contribution < 1.29 is 9.18 Å². The highest BCUT2D eigenvalue weighted by Gasteiger charge is 2.26. The molecule has 3 rings (SSSR count). The van der Waals surface area contributed by atoms with Crippen LogP contribution >= 0.6 is 0 Å². The minimum Gasteiger partial charge on any atom is -0.378 e. The highest BCUT2D eigenvalue weighted by Crippen LogP contribution is 2.27. The third kappa shape index (κ3) is 2.56. The molecule has 112 valence electrons. The maximum atomic E-state index is 14.0. The van der Waals surface area contributed by atoms with Gasteiger partial charge in [-0.25, -0.2) is 9.37 Å². The van der Waals surface area contributed by atoms with Crippen LogP contribution in [0.15, 0.2) is 18.5 Å². The Labute approximate surface area is 121 Å². The van der Waals surface area contributed by atoms with Gasteiger partial charge < -0.3 is 20.9 Å². The highest BCUT2D eigenvalue weighted by molar-refractivity contribution is 6.06. The summed E-state index contributed by atoms with van der Waals surface area (Å²) in [6.07, 6.45) is 2.95. The van der Waals surface area contributed by atoms with Gasteiger partial charge in [0.2, 0.25) is 0 Å². The molecule has 1 fully saturated rings. The molecule has 2 aromatic heterocycles. The topological polar surface area (TPSA) is 81.8 Å². The van der Waals surface area contributed by atoms with Crippen LogP contribution in [0.4, 0.5) is 10.1 Å². The zero-order chi connectivity index (χ0) is 14.8. The average molecular weight is 291 g/mol. The normalized spacial score (nSPS) is 22.2. The first-order valence-electron chi connectivity index (χ1n) is 7.00. The van der Waals surface area contributed by atoms with Gasteiger partial charge in [0.25, 0.3) is 5.91 Å². The first kappa shape index (κ1) is 13.8. The third-order valence-corrected chi connectivity index (χ3v) is 3.80. The predicted molar refractivity (Wildman–Crippen MR) is 79.3 cm³/mol. The van der Waals surface area contributed by atoms with E-state index in [1.807, 2.05) is 6.07 Å². The van der Waals surface area contributed by atoms with E-state index in [0.717, 1.165) is 11.9 Å². The smallest absolute Gasteiger partial charge is 0.254 e. The minimum absolute atomic E-state index is 0.238. The Morgan fingerprint density at radius 3 is 3.14 bits per heavy atom. The Morgan fingerprint density at radius 2 is 2.38 bits per heavy atom. The molecular weight excluding hydrogens is 273 g/mol. The van der Waals surface area contributed by atoms with Gasteiger partial charge in [-0.15, -0.1) is 0 Å². The number of alkyl halides is 1. The third-order valence-electron chi connectivity index (χ3n) is 3.80. The lowest BCUT2D eigenvalue weighted by molar-refractivity contribution is 0.0963. The Morgan fingerprint density at radius 1 is 1.52 bits per heavy atom. The van der Waals surface area contributed by atoms with Crippen molar-refractivity contribution in [1.29, 1.82) is 0 Å². The van der Waals surface area contributed by atoms with Crippen LogP contribution in [0.3, 0.4) is 0 Å². The molecule has 3 heterocycles. The molecule has 1 saturated heterocycles. The number of piperidine rings is 1. The van der Waals surface area contributed by atoms with Crippen LogP contribution in [0.1, 0.15) is 16.8 Å². The lowest BCUT2D eigenvalue weighted by atomic mass is 10.0. The Balaban J connectivity index is 2.01. The summed E-state index contributed by atoms with van der Waals surface area (Å²) >= 11 is 0. The second kappa shape index (κ2) is 5.69. The number of rotatable bonds is 3. The van der Waals surface area contributed by atoms with Crippen LogP contribution in [-0.2, 0) is 0 Å². The van der Waals surface area contributed by atoms with E-state index in [1.54, 1.807) is 13.2 Å². The van der Waals surface area contributed by atoms with Gasteiger partial charge in [0.05, 0.1) is 17.3 Å². The number of carbonyl (C=O) groups is 1. The minimum atomic E-state index is -0.988. The number of aromatic nitrogens is 2. The molecule has 4 N–H and O–H groups in total. The maximum absolute atomic E-state index is 14.0. The molecule has 1 amide bonds. The molecule has 1 aliphatic heterocycles. The van der Waals surface area contributed by atoms with Gasteiger partial charge in [-0.2, -0.15) is 0 Å². The van der Waals surface area contributed by atoms with Gasteiger partial charge in [0.1, 0.15) is 11.8 Å². The first-order chi connectivity index (χ1) is 10.2. The predicted octanol–water partition coefficient (Wildman–Crippen LogP) is 1.03. The average Bonchev–Trinajstić information content (AvgIpc) is 2.98. The molecule has 0 radical (unpaired) electrons. The number of nitrogens with one attached hydrogen (secondary N) is 4. The number of pyridine rings is 1. The summed E-state index contributed by atoms with van der Waals surface area (Å²) in [5.74, 6) is -0.238. The number of aromatic amines is 1. The summed E-state index contributed by atoms with van der Waals surface area (Å²) in [5.41, 5.74) is 1.74. The summed E-state index contributed by atoms with van der Waals surface area (Å²) in [5, 5.41) is 9.61. The van der Waals surface area contributed by atoms with E-state index in [0.29, 0.717) is 29.9 Å². The molecule has 7 heteroatoms. The zero-order valence-corrected chi connectivity index (χ0v) is 11.7. The molecule has 0 saturated carbocycles. The molecular formula is C14H18FN5O. The van der Waals surface area contributed by atoms with Crippen LogP contribution in [-0.4, -0.2) is 48.2 Å². The maximum Gasteiger partial charge on any atom is 0.254 e. The second-order valence-corrected chi connectivity index (χ2v) is 5.13. The summed E-state index contributed by atoms with van der Waals surface area (Å²) in [4.78, 5) is 19.2. The van der Waals surface area contributed by atoms with Gasteiger partial charge in [0.15, 0.2) is 0 Å². The van der Waals surface area contributed by atoms with Crippen LogP contribution in [0.25, 0.3) is 11.0 Å². The molecule has 0 spiro atoms. The van der Waals surface area contributed by atoms with Crippen molar-refractivity contribution >= 4 is 22.6 Å². The van der Waals surface area contributed by atoms with E-state index in [-0.39, 0.29) is 11.9 Å². The Bertz CT molecular complexity index is 656. The quantitative estimate of drug-likeness (QED) is 0.681. The lowest BCUT2D eigenvalue weighted by Gasteiger charge is -2.29. The first-order valence-corrected chi connectivity index (χ1v) is 7.00. The molecule has 0 unspecified atom stereocenters. The Kier molecular flexibility index (Phi) is 3.74.